The predicted molar refractivity (Wildman–Crippen MR) is 58.3 cm³/mol. The van der Waals surface area contributed by atoms with Gasteiger partial charge in [0.1, 0.15) is 0 Å². The monoisotopic (exact) mass is 212 g/mol. The van der Waals surface area contributed by atoms with Crippen LogP contribution in [0, 0.1) is 0 Å². The average molecular weight is 212 g/mol. The molecule has 1 fully saturated rings. The summed E-state index contributed by atoms with van der Waals surface area (Å²) in [5.41, 5.74) is 0. The number of hydrogen-bond donors (Lipinski definition) is 1. The number of carbonyl (C=O) groups is 2. The zero-order chi connectivity index (χ0) is 11.3. The van der Waals surface area contributed by atoms with Crippen LogP contribution in [0.1, 0.15) is 39.5 Å². The molecule has 1 rings (SSSR count). The Kier molecular flexibility index (Phi) is 4.59. The fourth-order valence-electron chi connectivity index (χ4n) is 1.82. The average Bonchev–Trinajstić information content (AvgIpc) is 2.22. The zero-order valence-corrected chi connectivity index (χ0v) is 9.58. The van der Waals surface area contributed by atoms with E-state index in [1.807, 2.05) is 6.92 Å². The summed E-state index contributed by atoms with van der Waals surface area (Å²) < 4.78 is 0. The number of nitrogens with one attached hydrogen (secondary N) is 1. The highest BCUT2D eigenvalue weighted by Gasteiger charge is 2.26. The summed E-state index contributed by atoms with van der Waals surface area (Å²) in [5.74, 6) is -0.00413. The Morgan fingerprint density at radius 1 is 1.40 bits per heavy atom. The molecule has 0 bridgehead atoms. The van der Waals surface area contributed by atoms with E-state index < -0.39 is 0 Å². The normalized spacial score (nSPS) is 18.9. The van der Waals surface area contributed by atoms with Crippen LogP contribution in [0.3, 0.4) is 0 Å². The lowest BCUT2D eigenvalue weighted by atomic mass is 10.1. The number of amides is 2. The first-order valence-corrected chi connectivity index (χ1v) is 5.71. The molecule has 1 aliphatic heterocycles. The first kappa shape index (κ1) is 12.0. The van der Waals surface area contributed by atoms with Gasteiger partial charge >= 0.3 is 0 Å². The zero-order valence-electron chi connectivity index (χ0n) is 9.58. The molecular formula is C11H20N2O2. The van der Waals surface area contributed by atoms with Gasteiger partial charge in [0.2, 0.25) is 11.8 Å². The van der Waals surface area contributed by atoms with Gasteiger partial charge in [-0.3, -0.25) is 9.59 Å². The van der Waals surface area contributed by atoms with Crippen molar-refractivity contribution in [3.63, 3.8) is 0 Å². The Morgan fingerprint density at radius 2 is 2.13 bits per heavy atom. The number of carbonyl (C=O) groups excluding carboxylic acids is 2. The molecule has 0 radical (unpaired) electrons. The van der Waals surface area contributed by atoms with E-state index in [0.29, 0.717) is 0 Å². The maximum absolute atomic E-state index is 11.5. The first-order valence-electron chi connectivity index (χ1n) is 5.71. The third-order valence-corrected chi connectivity index (χ3v) is 2.83. The predicted octanol–water partition coefficient (Wildman–Crippen LogP) is 0.914. The second-order valence-corrected chi connectivity index (χ2v) is 4.14. The molecule has 1 heterocycles. The van der Waals surface area contributed by atoms with Crippen LogP contribution in [0.25, 0.3) is 0 Å². The van der Waals surface area contributed by atoms with Crippen molar-refractivity contribution in [1.82, 2.24) is 10.2 Å². The van der Waals surface area contributed by atoms with E-state index in [4.69, 9.17) is 0 Å². The van der Waals surface area contributed by atoms with Gasteiger partial charge in [0.05, 0.1) is 13.1 Å². The summed E-state index contributed by atoms with van der Waals surface area (Å²) >= 11 is 0. The summed E-state index contributed by atoms with van der Waals surface area (Å²) in [6, 6.07) is 0.190. The standard InChI is InChI=1S/C11H20N2O2/c1-3-4-5-6-9(2)13-8-10(14)12-7-11(13)15/h9H,3-8H2,1-2H3,(H,12,14). The minimum absolute atomic E-state index is 0.0404. The quantitative estimate of drug-likeness (QED) is 0.689. The van der Waals surface area contributed by atoms with Crippen molar-refractivity contribution in [3.05, 3.63) is 0 Å². The highest BCUT2D eigenvalue weighted by atomic mass is 16.2. The van der Waals surface area contributed by atoms with Gasteiger partial charge in [-0.2, -0.15) is 0 Å². The molecule has 0 saturated carbocycles. The molecular weight excluding hydrogens is 192 g/mol. The number of nitrogens with zero attached hydrogens (tertiary/aromatic N) is 1. The molecule has 4 heteroatoms. The van der Waals surface area contributed by atoms with Crippen molar-refractivity contribution >= 4 is 11.8 Å². The Labute approximate surface area is 91.0 Å². The van der Waals surface area contributed by atoms with Crippen molar-refractivity contribution < 1.29 is 9.59 Å². The Bertz CT molecular complexity index is 241. The maximum Gasteiger partial charge on any atom is 0.242 e. The van der Waals surface area contributed by atoms with Crippen LogP contribution >= 0.6 is 0 Å². The van der Waals surface area contributed by atoms with Gasteiger partial charge in [0.15, 0.2) is 0 Å². The Balaban J connectivity index is 2.38. The van der Waals surface area contributed by atoms with Crippen LogP contribution in [-0.4, -0.2) is 35.8 Å². The van der Waals surface area contributed by atoms with Crippen LogP contribution in [0.4, 0.5) is 0 Å². The smallest absolute Gasteiger partial charge is 0.242 e. The summed E-state index contributed by atoms with van der Waals surface area (Å²) in [5, 5.41) is 2.55. The van der Waals surface area contributed by atoms with E-state index in [9.17, 15) is 9.59 Å². The van der Waals surface area contributed by atoms with E-state index >= 15 is 0 Å². The fourth-order valence-corrected chi connectivity index (χ4v) is 1.82. The molecule has 1 aliphatic rings. The van der Waals surface area contributed by atoms with Gasteiger partial charge in [-0.1, -0.05) is 26.2 Å². The van der Waals surface area contributed by atoms with Crippen LogP contribution in [0.15, 0.2) is 0 Å². The largest absolute Gasteiger partial charge is 0.345 e. The van der Waals surface area contributed by atoms with E-state index in [2.05, 4.69) is 12.2 Å². The molecule has 0 aromatic heterocycles. The molecule has 4 nitrogen and oxygen atoms in total. The summed E-state index contributed by atoms with van der Waals surface area (Å²) in [7, 11) is 0. The van der Waals surface area contributed by atoms with Crippen molar-refractivity contribution in [1.29, 1.82) is 0 Å². The third kappa shape index (κ3) is 3.53. The van der Waals surface area contributed by atoms with E-state index in [0.717, 1.165) is 12.8 Å². The molecule has 0 spiro atoms. The minimum Gasteiger partial charge on any atom is -0.345 e. The van der Waals surface area contributed by atoms with E-state index in [1.54, 1.807) is 4.90 Å². The fraction of sp³-hybridized carbons (Fsp3) is 0.818. The molecule has 15 heavy (non-hydrogen) atoms. The van der Waals surface area contributed by atoms with Crippen LogP contribution in [0.5, 0.6) is 0 Å². The maximum atomic E-state index is 11.5. The number of hydrogen-bond acceptors (Lipinski definition) is 2. The summed E-state index contributed by atoms with van der Waals surface area (Å²) in [6.45, 7) is 4.57. The van der Waals surface area contributed by atoms with Crippen molar-refractivity contribution in [2.45, 2.75) is 45.6 Å². The van der Waals surface area contributed by atoms with Gasteiger partial charge in [0, 0.05) is 6.04 Å². The Hall–Kier alpha value is -1.06. The number of unbranched alkanes of at least 4 members (excludes halogenated alkanes) is 2. The number of piperazine rings is 1. The second kappa shape index (κ2) is 5.73. The van der Waals surface area contributed by atoms with Crippen LogP contribution in [-0.2, 0) is 9.59 Å². The summed E-state index contributed by atoms with van der Waals surface area (Å²) in [4.78, 5) is 24.4. The molecule has 1 N–H and O–H groups in total. The highest BCUT2D eigenvalue weighted by Crippen LogP contribution is 2.11. The van der Waals surface area contributed by atoms with Gasteiger partial charge in [0.25, 0.3) is 0 Å². The van der Waals surface area contributed by atoms with E-state index in [-0.39, 0.29) is 30.9 Å². The lowest BCUT2D eigenvalue weighted by Gasteiger charge is -2.32. The van der Waals surface area contributed by atoms with Crippen molar-refractivity contribution in [2.24, 2.45) is 0 Å². The topological polar surface area (TPSA) is 49.4 Å². The SMILES string of the molecule is CCCCCC(C)N1CC(=O)NCC1=O. The minimum atomic E-state index is -0.0445. The van der Waals surface area contributed by atoms with Crippen molar-refractivity contribution in [2.75, 3.05) is 13.1 Å². The van der Waals surface area contributed by atoms with Gasteiger partial charge in [-0.05, 0) is 13.3 Å². The molecule has 86 valence electrons. The van der Waals surface area contributed by atoms with Gasteiger partial charge < -0.3 is 10.2 Å². The lowest BCUT2D eigenvalue weighted by molar-refractivity contribution is -0.142. The summed E-state index contributed by atoms with van der Waals surface area (Å²) in [6.07, 6.45) is 4.50. The van der Waals surface area contributed by atoms with Crippen molar-refractivity contribution in [3.8, 4) is 0 Å². The van der Waals surface area contributed by atoms with E-state index in [1.165, 1.54) is 12.8 Å². The second-order valence-electron chi connectivity index (χ2n) is 4.14. The molecule has 1 unspecified atom stereocenters. The molecule has 0 aliphatic carbocycles. The van der Waals surface area contributed by atoms with Gasteiger partial charge in [-0.15, -0.1) is 0 Å². The number of rotatable bonds is 5. The molecule has 1 saturated heterocycles. The lowest BCUT2D eigenvalue weighted by Crippen LogP contribution is -2.54. The first-order chi connectivity index (χ1) is 7.15. The highest BCUT2D eigenvalue weighted by molar-refractivity contribution is 5.92. The molecule has 0 aromatic carbocycles. The Morgan fingerprint density at radius 3 is 2.80 bits per heavy atom. The molecule has 2 amide bonds. The third-order valence-electron chi connectivity index (χ3n) is 2.83. The molecule has 0 aromatic rings. The van der Waals surface area contributed by atoms with Gasteiger partial charge in [-0.25, -0.2) is 0 Å². The van der Waals surface area contributed by atoms with Crippen LogP contribution in [0.2, 0.25) is 0 Å². The van der Waals surface area contributed by atoms with Crippen LogP contribution < -0.4 is 5.32 Å². The molecule has 1 atom stereocenters.